The number of nitrogens with zero attached hydrogens (tertiary/aromatic N) is 2. The fraction of sp³-hybridized carbons (Fsp3) is 0.944. The molecular formula is C18H32N2O. The molecule has 2 heterocycles. The molecule has 21 heavy (non-hydrogen) atoms. The normalized spacial score (nSPS) is 32.0. The Bertz CT molecular complexity index is 375. The average Bonchev–Trinajstić information content (AvgIpc) is 2.47. The second-order valence-corrected chi connectivity index (χ2v) is 8.20. The first-order valence-electron chi connectivity index (χ1n) is 9.11. The number of likely N-dealkylation sites (tertiary alicyclic amines) is 2. The zero-order chi connectivity index (χ0) is 14.9. The van der Waals surface area contributed by atoms with Gasteiger partial charge in [-0.2, -0.15) is 0 Å². The van der Waals surface area contributed by atoms with Crippen LogP contribution in [-0.4, -0.2) is 48.4 Å². The van der Waals surface area contributed by atoms with Crippen molar-refractivity contribution >= 4 is 5.91 Å². The molecule has 0 aromatic rings. The van der Waals surface area contributed by atoms with Gasteiger partial charge in [0.05, 0.1) is 5.41 Å². The number of carbonyl (C=O) groups is 1. The van der Waals surface area contributed by atoms with Crippen LogP contribution in [0.5, 0.6) is 0 Å². The smallest absolute Gasteiger partial charge is 0.231 e. The Balaban J connectivity index is 1.52. The lowest BCUT2D eigenvalue weighted by Crippen LogP contribution is -2.67. The van der Waals surface area contributed by atoms with Gasteiger partial charge < -0.3 is 9.80 Å². The van der Waals surface area contributed by atoms with Crippen LogP contribution in [0.1, 0.15) is 58.8 Å². The van der Waals surface area contributed by atoms with E-state index in [1.165, 1.54) is 45.1 Å². The summed E-state index contributed by atoms with van der Waals surface area (Å²) in [5.74, 6) is 1.96. The molecule has 1 aliphatic carbocycles. The predicted molar refractivity (Wildman–Crippen MR) is 86.1 cm³/mol. The van der Waals surface area contributed by atoms with Crippen molar-refractivity contribution in [1.29, 1.82) is 0 Å². The Morgan fingerprint density at radius 3 is 2.57 bits per heavy atom. The van der Waals surface area contributed by atoms with Crippen LogP contribution in [0, 0.1) is 17.3 Å². The summed E-state index contributed by atoms with van der Waals surface area (Å²) in [5, 5.41) is 0. The topological polar surface area (TPSA) is 23.6 Å². The molecule has 0 N–H and O–H groups in total. The van der Waals surface area contributed by atoms with Crippen molar-refractivity contribution in [3.8, 4) is 0 Å². The number of amides is 1. The van der Waals surface area contributed by atoms with Crippen LogP contribution >= 0.6 is 0 Å². The second kappa shape index (κ2) is 6.28. The molecule has 1 spiro atoms. The van der Waals surface area contributed by atoms with Crippen LogP contribution in [0.3, 0.4) is 0 Å². The van der Waals surface area contributed by atoms with Crippen LogP contribution < -0.4 is 0 Å². The Hall–Kier alpha value is -0.570. The van der Waals surface area contributed by atoms with Gasteiger partial charge in [0.2, 0.25) is 5.91 Å². The highest BCUT2D eigenvalue weighted by atomic mass is 16.2. The van der Waals surface area contributed by atoms with E-state index in [2.05, 4.69) is 23.6 Å². The zero-order valence-corrected chi connectivity index (χ0v) is 13.9. The summed E-state index contributed by atoms with van der Waals surface area (Å²) in [6, 6.07) is 0. The van der Waals surface area contributed by atoms with Crippen LogP contribution in [0.2, 0.25) is 0 Å². The monoisotopic (exact) mass is 292 g/mol. The number of piperidine rings is 1. The van der Waals surface area contributed by atoms with E-state index in [0.29, 0.717) is 11.8 Å². The van der Waals surface area contributed by atoms with Gasteiger partial charge in [0, 0.05) is 26.2 Å². The molecule has 3 nitrogen and oxygen atoms in total. The molecule has 2 aliphatic heterocycles. The van der Waals surface area contributed by atoms with Crippen LogP contribution in [0.25, 0.3) is 0 Å². The van der Waals surface area contributed by atoms with E-state index < -0.39 is 0 Å². The summed E-state index contributed by atoms with van der Waals surface area (Å²) in [4.78, 5) is 17.5. The van der Waals surface area contributed by atoms with Crippen molar-refractivity contribution < 1.29 is 4.79 Å². The summed E-state index contributed by atoms with van der Waals surface area (Å²) in [7, 11) is 0. The van der Waals surface area contributed by atoms with Crippen molar-refractivity contribution in [2.45, 2.75) is 58.8 Å². The highest BCUT2D eigenvalue weighted by Crippen LogP contribution is 2.41. The Labute approximate surface area is 130 Å². The number of β-lactam (4-membered cyclic amide) rings is 1. The summed E-state index contributed by atoms with van der Waals surface area (Å²) in [6.07, 6.45) is 9.17. The first-order valence-corrected chi connectivity index (χ1v) is 9.11. The minimum Gasteiger partial charge on any atom is -0.341 e. The van der Waals surface area contributed by atoms with E-state index in [9.17, 15) is 4.79 Å². The molecule has 1 atom stereocenters. The van der Waals surface area contributed by atoms with Gasteiger partial charge in [-0.15, -0.1) is 0 Å². The highest BCUT2D eigenvalue weighted by Gasteiger charge is 2.53. The Morgan fingerprint density at radius 1 is 1.14 bits per heavy atom. The molecular weight excluding hydrogens is 260 g/mol. The molecule has 0 aromatic heterocycles. The minimum atomic E-state index is 0.00179. The summed E-state index contributed by atoms with van der Waals surface area (Å²) < 4.78 is 0. The van der Waals surface area contributed by atoms with E-state index in [1.54, 1.807) is 0 Å². The van der Waals surface area contributed by atoms with Gasteiger partial charge in [0.25, 0.3) is 0 Å². The summed E-state index contributed by atoms with van der Waals surface area (Å²) in [6.45, 7) is 10.00. The molecule has 3 fully saturated rings. The maximum absolute atomic E-state index is 12.7. The molecule has 120 valence electrons. The Kier molecular flexibility index (Phi) is 4.58. The van der Waals surface area contributed by atoms with Crippen molar-refractivity contribution in [3.63, 3.8) is 0 Å². The van der Waals surface area contributed by atoms with Gasteiger partial charge in [-0.3, -0.25) is 4.79 Å². The molecule has 0 bridgehead atoms. The van der Waals surface area contributed by atoms with Crippen LogP contribution in [0.4, 0.5) is 0 Å². The van der Waals surface area contributed by atoms with Gasteiger partial charge in [-0.1, -0.05) is 33.1 Å². The number of hydrogen-bond acceptors (Lipinski definition) is 2. The first-order chi connectivity index (χ1) is 10.1. The second-order valence-electron chi connectivity index (χ2n) is 8.20. The van der Waals surface area contributed by atoms with Crippen molar-refractivity contribution in [2.75, 3.05) is 32.7 Å². The van der Waals surface area contributed by atoms with E-state index in [4.69, 9.17) is 0 Å². The standard InChI is InChI=1S/C18H32N2O/c1-15(2)11-19-10-6-9-18(13-19)14-20(17(18)21)12-16-7-4-3-5-8-16/h15-16H,3-14H2,1-2H3/t18-/m0/s1. The van der Waals surface area contributed by atoms with E-state index >= 15 is 0 Å². The van der Waals surface area contributed by atoms with E-state index in [-0.39, 0.29) is 5.41 Å². The molecule has 1 amide bonds. The van der Waals surface area contributed by atoms with E-state index in [0.717, 1.165) is 38.5 Å². The maximum Gasteiger partial charge on any atom is 0.231 e. The van der Waals surface area contributed by atoms with Crippen molar-refractivity contribution in [2.24, 2.45) is 17.3 Å². The van der Waals surface area contributed by atoms with Crippen molar-refractivity contribution in [1.82, 2.24) is 9.80 Å². The molecule has 2 saturated heterocycles. The molecule has 3 heteroatoms. The third-order valence-corrected chi connectivity index (χ3v) is 5.72. The van der Waals surface area contributed by atoms with Gasteiger partial charge in [0.15, 0.2) is 0 Å². The fourth-order valence-electron chi connectivity index (χ4n) is 4.78. The average molecular weight is 292 g/mol. The summed E-state index contributed by atoms with van der Waals surface area (Å²) in [5.41, 5.74) is 0.00179. The number of hydrogen-bond donors (Lipinski definition) is 0. The molecule has 0 radical (unpaired) electrons. The van der Waals surface area contributed by atoms with Crippen LogP contribution in [-0.2, 0) is 4.79 Å². The molecule has 1 saturated carbocycles. The lowest BCUT2D eigenvalue weighted by Gasteiger charge is -2.54. The third kappa shape index (κ3) is 3.28. The van der Waals surface area contributed by atoms with E-state index in [1.807, 2.05) is 0 Å². The third-order valence-electron chi connectivity index (χ3n) is 5.72. The van der Waals surface area contributed by atoms with Gasteiger partial charge in [-0.05, 0) is 44.1 Å². The molecule has 0 unspecified atom stereocenters. The van der Waals surface area contributed by atoms with Crippen LogP contribution in [0.15, 0.2) is 0 Å². The quantitative estimate of drug-likeness (QED) is 0.743. The first kappa shape index (κ1) is 15.3. The van der Waals surface area contributed by atoms with Gasteiger partial charge in [0.1, 0.15) is 0 Å². The van der Waals surface area contributed by atoms with Crippen molar-refractivity contribution in [3.05, 3.63) is 0 Å². The number of rotatable bonds is 4. The fourth-order valence-corrected chi connectivity index (χ4v) is 4.78. The predicted octanol–water partition coefficient (Wildman–Crippen LogP) is 3.15. The number of carbonyl (C=O) groups excluding carboxylic acids is 1. The summed E-state index contributed by atoms with van der Waals surface area (Å²) >= 11 is 0. The maximum atomic E-state index is 12.7. The molecule has 3 aliphatic rings. The molecule has 3 rings (SSSR count). The lowest BCUT2D eigenvalue weighted by atomic mass is 9.71. The minimum absolute atomic E-state index is 0.00179. The highest BCUT2D eigenvalue weighted by molar-refractivity contribution is 5.89. The largest absolute Gasteiger partial charge is 0.341 e. The zero-order valence-electron chi connectivity index (χ0n) is 13.9. The van der Waals surface area contributed by atoms with Gasteiger partial charge in [-0.25, -0.2) is 0 Å². The Morgan fingerprint density at radius 2 is 1.90 bits per heavy atom. The SMILES string of the molecule is CC(C)CN1CCC[C@]2(C1)CN(CC1CCCCC1)C2=O. The van der Waals surface area contributed by atoms with Gasteiger partial charge >= 0.3 is 0 Å². The molecule has 0 aromatic carbocycles. The lowest BCUT2D eigenvalue weighted by molar-refractivity contribution is -0.167.